The Kier molecular flexibility index (Phi) is 5.72. The zero-order valence-electron chi connectivity index (χ0n) is 11.9. The van der Waals surface area contributed by atoms with Crippen molar-refractivity contribution in [3.8, 4) is 23.3 Å². The van der Waals surface area contributed by atoms with Gasteiger partial charge in [0.2, 0.25) is 0 Å². The average molecular weight is 275 g/mol. The molecule has 0 amide bonds. The summed E-state index contributed by atoms with van der Waals surface area (Å²) >= 11 is 0. The van der Waals surface area contributed by atoms with Crippen LogP contribution in [0.3, 0.4) is 0 Å². The van der Waals surface area contributed by atoms with E-state index in [-0.39, 0.29) is 6.10 Å². The van der Waals surface area contributed by atoms with Crippen molar-refractivity contribution in [3.05, 3.63) is 23.8 Å². The molecule has 0 aromatic heterocycles. The molecule has 1 aromatic rings. The predicted octanol–water partition coefficient (Wildman–Crippen LogP) is 1.95. The van der Waals surface area contributed by atoms with E-state index in [1.54, 1.807) is 7.11 Å². The van der Waals surface area contributed by atoms with E-state index < -0.39 is 0 Å². The minimum atomic E-state index is 0.182. The van der Waals surface area contributed by atoms with Crippen LogP contribution in [0.25, 0.3) is 0 Å². The second-order valence-electron chi connectivity index (χ2n) is 4.67. The Morgan fingerprint density at radius 3 is 3.00 bits per heavy atom. The monoisotopic (exact) mass is 275 g/mol. The van der Waals surface area contributed by atoms with Crippen LogP contribution in [-0.2, 0) is 4.74 Å². The first-order chi connectivity index (χ1) is 9.83. The van der Waals surface area contributed by atoms with Gasteiger partial charge in [-0.15, -0.1) is 0 Å². The summed E-state index contributed by atoms with van der Waals surface area (Å²) in [6.07, 6.45) is 3.59. The lowest BCUT2D eigenvalue weighted by Crippen LogP contribution is -2.25. The summed E-state index contributed by atoms with van der Waals surface area (Å²) in [7, 11) is 1.63. The first-order valence-corrected chi connectivity index (χ1v) is 6.95. The van der Waals surface area contributed by atoms with Crippen LogP contribution < -0.4 is 15.2 Å². The third-order valence-corrected chi connectivity index (χ3v) is 3.21. The summed E-state index contributed by atoms with van der Waals surface area (Å²) in [6.45, 7) is 1.71. The van der Waals surface area contributed by atoms with Crippen LogP contribution in [0.4, 0.5) is 0 Å². The van der Waals surface area contributed by atoms with Crippen LogP contribution in [0.1, 0.15) is 24.8 Å². The van der Waals surface area contributed by atoms with Crippen molar-refractivity contribution in [1.82, 2.24) is 0 Å². The van der Waals surface area contributed by atoms with Gasteiger partial charge in [-0.3, -0.25) is 0 Å². The maximum Gasteiger partial charge on any atom is 0.135 e. The van der Waals surface area contributed by atoms with Crippen LogP contribution in [0.15, 0.2) is 18.2 Å². The van der Waals surface area contributed by atoms with Gasteiger partial charge in [-0.05, 0) is 37.5 Å². The fraction of sp³-hybridized carbons (Fsp3) is 0.500. The van der Waals surface area contributed by atoms with Gasteiger partial charge in [0.25, 0.3) is 0 Å². The van der Waals surface area contributed by atoms with E-state index in [0.717, 1.165) is 36.5 Å². The molecule has 1 fully saturated rings. The minimum Gasteiger partial charge on any atom is -0.497 e. The molecule has 0 radical (unpaired) electrons. The molecule has 2 rings (SSSR count). The Bertz CT molecular complexity index is 484. The molecule has 1 aliphatic heterocycles. The SMILES string of the molecule is COc1ccc(OCC2CCCCO2)c(C#CCN)c1. The topological polar surface area (TPSA) is 53.7 Å². The Morgan fingerprint density at radius 2 is 2.30 bits per heavy atom. The zero-order chi connectivity index (χ0) is 14.2. The van der Waals surface area contributed by atoms with Gasteiger partial charge in [0.05, 0.1) is 25.3 Å². The van der Waals surface area contributed by atoms with Gasteiger partial charge >= 0.3 is 0 Å². The number of benzene rings is 1. The van der Waals surface area contributed by atoms with Crippen molar-refractivity contribution in [1.29, 1.82) is 0 Å². The molecule has 4 nitrogen and oxygen atoms in total. The Morgan fingerprint density at radius 1 is 1.40 bits per heavy atom. The van der Waals surface area contributed by atoms with Gasteiger partial charge < -0.3 is 19.9 Å². The molecule has 108 valence electrons. The molecule has 1 unspecified atom stereocenters. The van der Waals surface area contributed by atoms with Crippen LogP contribution >= 0.6 is 0 Å². The van der Waals surface area contributed by atoms with E-state index in [1.165, 1.54) is 6.42 Å². The zero-order valence-corrected chi connectivity index (χ0v) is 11.9. The van der Waals surface area contributed by atoms with E-state index in [2.05, 4.69) is 11.8 Å². The molecule has 1 heterocycles. The van der Waals surface area contributed by atoms with E-state index in [4.69, 9.17) is 19.9 Å². The third kappa shape index (κ3) is 4.16. The molecule has 4 heteroatoms. The van der Waals surface area contributed by atoms with Crippen molar-refractivity contribution in [3.63, 3.8) is 0 Å². The standard InChI is InChI=1S/C16H21NO3/c1-18-14-7-8-16(13(11-14)5-4-9-17)20-12-15-6-2-3-10-19-15/h7-8,11,15H,2-3,6,9-10,12,17H2,1H3. The lowest BCUT2D eigenvalue weighted by atomic mass is 10.1. The largest absolute Gasteiger partial charge is 0.497 e. The minimum absolute atomic E-state index is 0.182. The van der Waals surface area contributed by atoms with Gasteiger partial charge in [0.1, 0.15) is 18.1 Å². The summed E-state index contributed by atoms with van der Waals surface area (Å²) in [5, 5.41) is 0. The summed E-state index contributed by atoms with van der Waals surface area (Å²) in [6, 6.07) is 5.60. The van der Waals surface area contributed by atoms with Crippen molar-refractivity contribution in [2.75, 3.05) is 26.9 Å². The van der Waals surface area contributed by atoms with Crippen molar-refractivity contribution in [2.45, 2.75) is 25.4 Å². The average Bonchev–Trinajstić information content (AvgIpc) is 2.52. The first kappa shape index (κ1) is 14.7. The molecular weight excluding hydrogens is 254 g/mol. The van der Waals surface area contributed by atoms with Gasteiger partial charge in [-0.25, -0.2) is 0 Å². The van der Waals surface area contributed by atoms with Gasteiger partial charge in [0.15, 0.2) is 0 Å². The normalized spacial score (nSPS) is 18.0. The highest BCUT2D eigenvalue weighted by molar-refractivity contribution is 5.50. The predicted molar refractivity (Wildman–Crippen MR) is 78.0 cm³/mol. The van der Waals surface area contributed by atoms with Gasteiger partial charge in [-0.1, -0.05) is 11.8 Å². The van der Waals surface area contributed by atoms with Gasteiger partial charge in [0, 0.05) is 6.61 Å². The van der Waals surface area contributed by atoms with Crippen molar-refractivity contribution in [2.24, 2.45) is 5.73 Å². The molecule has 1 saturated heterocycles. The molecule has 0 saturated carbocycles. The summed E-state index contributed by atoms with van der Waals surface area (Å²) in [5.41, 5.74) is 6.22. The van der Waals surface area contributed by atoms with E-state index >= 15 is 0 Å². The van der Waals surface area contributed by atoms with E-state index in [0.29, 0.717) is 13.2 Å². The number of ether oxygens (including phenoxy) is 3. The maximum atomic E-state index is 5.85. The molecular formula is C16H21NO3. The highest BCUT2D eigenvalue weighted by Gasteiger charge is 2.15. The van der Waals surface area contributed by atoms with Crippen LogP contribution in [0, 0.1) is 11.8 Å². The molecule has 2 N–H and O–H groups in total. The number of nitrogens with two attached hydrogens (primary N) is 1. The van der Waals surface area contributed by atoms with E-state index in [1.807, 2.05) is 18.2 Å². The number of rotatable bonds is 4. The number of hydrogen-bond acceptors (Lipinski definition) is 4. The van der Waals surface area contributed by atoms with E-state index in [9.17, 15) is 0 Å². The molecule has 20 heavy (non-hydrogen) atoms. The highest BCUT2D eigenvalue weighted by atomic mass is 16.5. The van der Waals surface area contributed by atoms with Crippen LogP contribution in [0.2, 0.25) is 0 Å². The molecule has 0 aliphatic carbocycles. The lowest BCUT2D eigenvalue weighted by Gasteiger charge is -2.23. The second-order valence-corrected chi connectivity index (χ2v) is 4.67. The van der Waals surface area contributed by atoms with Crippen molar-refractivity contribution >= 4 is 0 Å². The fourth-order valence-corrected chi connectivity index (χ4v) is 2.13. The summed E-state index contributed by atoms with van der Waals surface area (Å²) < 4.78 is 16.7. The number of methoxy groups -OCH3 is 1. The molecule has 1 atom stereocenters. The van der Waals surface area contributed by atoms with Crippen LogP contribution in [0.5, 0.6) is 11.5 Å². The van der Waals surface area contributed by atoms with Gasteiger partial charge in [-0.2, -0.15) is 0 Å². The Balaban J connectivity index is 2.05. The third-order valence-electron chi connectivity index (χ3n) is 3.21. The quantitative estimate of drug-likeness (QED) is 0.853. The molecule has 0 bridgehead atoms. The number of hydrogen-bond donors (Lipinski definition) is 1. The lowest BCUT2D eigenvalue weighted by molar-refractivity contribution is -0.0111. The summed E-state index contributed by atoms with van der Waals surface area (Å²) in [5.74, 6) is 7.37. The Labute approximate surface area is 120 Å². The molecule has 0 spiro atoms. The Hall–Kier alpha value is -1.70. The van der Waals surface area contributed by atoms with Crippen molar-refractivity contribution < 1.29 is 14.2 Å². The van der Waals surface area contributed by atoms with Crippen LogP contribution in [-0.4, -0.2) is 33.0 Å². The summed E-state index contributed by atoms with van der Waals surface area (Å²) in [4.78, 5) is 0. The maximum absolute atomic E-state index is 5.85. The highest BCUT2D eigenvalue weighted by Crippen LogP contribution is 2.24. The first-order valence-electron chi connectivity index (χ1n) is 6.95. The second kappa shape index (κ2) is 7.78. The molecule has 1 aromatic carbocycles. The fourth-order valence-electron chi connectivity index (χ4n) is 2.13. The smallest absolute Gasteiger partial charge is 0.135 e. The molecule has 1 aliphatic rings.